The zero-order valence-electron chi connectivity index (χ0n) is 12.1. The van der Waals surface area contributed by atoms with Crippen LogP contribution in [0.15, 0.2) is 35.2 Å². The number of hydrogen-bond donors (Lipinski definition) is 1. The summed E-state index contributed by atoms with van der Waals surface area (Å²) in [7, 11) is -1.98. The van der Waals surface area contributed by atoms with Crippen molar-refractivity contribution in [1.29, 1.82) is 0 Å². The molecular weight excluding hydrogens is 335 g/mol. The summed E-state index contributed by atoms with van der Waals surface area (Å²) in [5.74, 6) is -3.75. The van der Waals surface area contributed by atoms with Crippen LogP contribution in [-0.4, -0.2) is 22.6 Å². The molecule has 0 unspecified atom stereocenters. The molecular formula is C14H12F3NO4S. The third-order valence-electron chi connectivity index (χ3n) is 2.92. The number of nitrogens with one attached hydrogen (secondary N) is 1. The van der Waals surface area contributed by atoms with E-state index in [4.69, 9.17) is 9.47 Å². The molecule has 0 saturated heterocycles. The number of methoxy groups -OCH3 is 2. The maximum absolute atomic E-state index is 13.9. The van der Waals surface area contributed by atoms with Crippen molar-refractivity contribution in [2.75, 3.05) is 18.9 Å². The quantitative estimate of drug-likeness (QED) is 0.903. The fourth-order valence-corrected chi connectivity index (χ4v) is 2.97. The van der Waals surface area contributed by atoms with Crippen molar-refractivity contribution < 1.29 is 31.1 Å². The van der Waals surface area contributed by atoms with Gasteiger partial charge < -0.3 is 9.47 Å². The van der Waals surface area contributed by atoms with Gasteiger partial charge in [0, 0.05) is 12.1 Å². The van der Waals surface area contributed by atoms with E-state index in [-0.39, 0.29) is 11.5 Å². The van der Waals surface area contributed by atoms with Crippen molar-refractivity contribution in [2.45, 2.75) is 4.90 Å². The summed E-state index contributed by atoms with van der Waals surface area (Å²) in [6.45, 7) is 0. The Hall–Kier alpha value is -2.42. The molecule has 124 valence electrons. The molecule has 0 aliphatic heterocycles. The highest BCUT2D eigenvalue weighted by Gasteiger charge is 2.23. The largest absolute Gasteiger partial charge is 0.493 e. The van der Waals surface area contributed by atoms with Crippen LogP contribution in [0.4, 0.5) is 18.9 Å². The Morgan fingerprint density at radius 2 is 1.57 bits per heavy atom. The first-order valence-electron chi connectivity index (χ1n) is 6.18. The minimum atomic E-state index is -4.53. The lowest BCUT2D eigenvalue weighted by Crippen LogP contribution is -2.16. The molecule has 1 N–H and O–H groups in total. The van der Waals surface area contributed by atoms with Gasteiger partial charge in [0.25, 0.3) is 10.0 Å². The van der Waals surface area contributed by atoms with Crippen molar-refractivity contribution in [3.63, 3.8) is 0 Å². The molecule has 0 aromatic heterocycles. The Labute approximate surface area is 130 Å². The number of sulfonamides is 1. The van der Waals surface area contributed by atoms with Gasteiger partial charge in [-0.05, 0) is 12.1 Å². The van der Waals surface area contributed by atoms with Crippen molar-refractivity contribution in [2.24, 2.45) is 0 Å². The van der Waals surface area contributed by atoms with Gasteiger partial charge in [0.05, 0.1) is 19.9 Å². The van der Waals surface area contributed by atoms with Crippen LogP contribution in [0.3, 0.4) is 0 Å². The fourth-order valence-electron chi connectivity index (χ4n) is 1.82. The molecule has 0 aliphatic rings. The number of rotatable bonds is 5. The highest BCUT2D eigenvalue weighted by atomic mass is 32.2. The standard InChI is InChI=1S/C14H12F3NO4S/c1-21-11-6-9(16)10(7-12(11)22-2)18-23(19,20)13-5-3-4-8(15)14(13)17/h3-7,18H,1-2H3. The average molecular weight is 347 g/mol. The molecule has 0 bridgehead atoms. The van der Waals surface area contributed by atoms with Crippen LogP contribution >= 0.6 is 0 Å². The molecule has 0 spiro atoms. The smallest absolute Gasteiger partial charge is 0.265 e. The first-order chi connectivity index (χ1) is 10.8. The number of anilines is 1. The van der Waals surface area contributed by atoms with Gasteiger partial charge in [-0.3, -0.25) is 4.72 Å². The van der Waals surface area contributed by atoms with Crippen LogP contribution in [0.2, 0.25) is 0 Å². The maximum Gasteiger partial charge on any atom is 0.265 e. The Bertz CT molecular complexity index is 840. The summed E-state index contributed by atoms with van der Waals surface area (Å²) in [6.07, 6.45) is 0. The van der Waals surface area contributed by atoms with Gasteiger partial charge in [-0.15, -0.1) is 0 Å². The lowest BCUT2D eigenvalue weighted by molar-refractivity contribution is 0.353. The molecule has 9 heteroatoms. The van der Waals surface area contributed by atoms with E-state index in [0.29, 0.717) is 0 Å². The Morgan fingerprint density at radius 1 is 0.957 bits per heavy atom. The van der Waals surface area contributed by atoms with Gasteiger partial charge in [-0.25, -0.2) is 21.6 Å². The highest BCUT2D eigenvalue weighted by Crippen LogP contribution is 2.33. The van der Waals surface area contributed by atoms with E-state index in [2.05, 4.69) is 0 Å². The molecule has 0 aliphatic carbocycles. The predicted molar refractivity (Wildman–Crippen MR) is 76.7 cm³/mol. The lowest BCUT2D eigenvalue weighted by atomic mass is 10.2. The van der Waals surface area contributed by atoms with Gasteiger partial charge in [0.1, 0.15) is 4.90 Å². The van der Waals surface area contributed by atoms with Crippen LogP contribution in [0, 0.1) is 17.5 Å². The van der Waals surface area contributed by atoms with E-state index in [9.17, 15) is 21.6 Å². The van der Waals surface area contributed by atoms with E-state index in [0.717, 1.165) is 30.3 Å². The minimum Gasteiger partial charge on any atom is -0.493 e. The van der Waals surface area contributed by atoms with Gasteiger partial charge in [0.2, 0.25) is 0 Å². The molecule has 0 fully saturated rings. The fraction of sp³-hybridized carbons (Fsp3) is 0.143. The van der Waals surface area contributed by atoms with E-state index in [1.807, 2.05) is 4.72 Å². The van der Waals surface area contributed by atoms with Gasteiger partial charge in [-0.2, -0.15) is 0 Å². The average Bonchev–Trinajstić information content (AvgIpc) is 2.51. The molecule has 0 saturated carbocycles. The second kappa shape index (κ2) is 6.37. The lowest BCUT2D eigenvalue weighted by Gasteiger charge is -2.13. The van der Waals surface area contributed by atoms with E-state index in [1.54, 1.807) is 0 Å². The van der Waals surface area contributed by atoms with Crippen LogP contribution in [0.5, 0.6) is 11.5 Å². The van der Waals surface area contributed by atoms with Crippen molar-refractivity contribution >= 4 is 15.7 Å². The van der Waals surface area contributed by atoms with Crippen LogP contribution < -0.4 is 14.2 Å². The van der Waals surface area contributed by atoms with Crippen molar-refractivity contribution in [3.8, 4) is 11.5 Å². The molecule has 0 atom stereocenters. The predicted octanol–water partition coefficient (Wildman–Crippen LogP) is 2.92. The molecule has 5 nitrogen and oxygen atoms in total. The second-order valence-electron chi connectivity index (χ2n) is 4.34. The summed E-state index contributed by atoms with van der Waals surface area (Å²) in [4.78, 5) is -0.938. The number of benzene rings is 2. The van der Waals surface area contributed by atoms with E-state index >= 15 is 0 Å². The van der Waals surface area contributed by atoms with Crippen LogP contribution in [0.1, 0.15) is 0 Å². The summed E-state index contributed by atoms with van der Waals surface area (Å²) in [5.41, 5.74) is -0.494. The Balaban J connectivity index is 2.47. The molecule has 0 heterocycles. The zero-order valence-corrected chi connectivity index (χ0v) is 12.9. The molecule has 0 amide bonds. The first-order valence-corrected chi connectivity index (χ1v) is 7.67. The summed E-state index contributed by atoms with van der Waals surface area (Å²) in [5, 5.41) is 0. The maximum atomic E-state index is 13.9. The third-order valence-corrected chi connectivity index (χ3v) is 4.31. The van der Waals surface area contributed by atoms with E-state index < -0.39 is 38.1 Å². The summed E-state index contributed by atoms with van der Waals surface area (Å²) in [6, 6.07) is 4.59. The van der Waals surface area contributed by atoms with Gasteiger partial charge in [0.15, 0.2) is 29.0 Å². The summed E-state index contributed by atoms with van der Waals surface area (Å²) >= 11 is 0. The SMILES string of the molecule is COc1cc(F)c(NS(=O)(=O)c2cccc(F)c2F)cc1OC. The van der Waals surface area contributed by atoms with Crippen molar-refractivity contribution in [1.82, 2.24) is 0 Å². The molecule has 2 aromatic rings. The number of halogens is 3. The molecule has 0 radical (unpaired) electrons. The normalized spacial score (nSPS) is 11.2. The second-order valence-corrected chi connectivity index (χ2v) is 6.00. The number of hydrogen-bond acceptors (Lipinski definition) is 4. The monoisotopic (exact) mass is 347 g/mol. The van der Waals surface area contributed by atoms with Gasteiger partial charge >= 0.3 is 0 Å². The molecule has 2 aromatic carbocycles. The summed E-state index contributed by atoms with van der Waals surface area (Å²) < 4.78 is 76.7. The third kappa shape index (κ3) is 3.34. The Morgan fingerprint density at radius 3 is 2.17 bits per heavy atom. The van der Waals surface area contributed by atoms with Crippen LogP contribution in [0.25, 0.3) is 0 Å². The zero-order chi connectivity index (χ0) is 17.2. The van der Waals surface area contributed by atoms with Gasteiger partial charge in [-0.1, -0.05) is 6.07 Å². The molecule has 23 heavy (non-hydrogen) atoms. The topological polar surface area (TPSA) is 64.6 Å². The first kappa shape index (κ1) is 16.9. The number of ether oxygens (including phenoxy) is 2. The highest BCUT2D eigenvalue weighted by molar-refractivity contribution is 7.92. The molecule has 2 rings (SSSR count). The van der Waals surface area contributed by atoms with Crippen LogP contribution in [-0.2, 0) is 10.0 Å². The Kier molecular flexibility index (Phi) is 4.69. The minimum absolute atomic E-state index is 0.0462. The van der Waals surface area contributed by atoms with E-state index in [1.165, 1.54) is 14.2 Å². The van der Waals surface area contributed by atoms with Crippen molar-refractivity contribution in [3.05, 3.63) is 47.8 Å².